The van der Waals surface area contributed by atoms with Crippen molar-refractivity contribution in [1.29, 1.82) is 5.26 Å². The van der Waals surface area contributed by atoms with Crippen molar-refractivity contribution in [2.24, 2.45) is 5.16 Å². The van der Waals surface area contributed by atoms with Crippen molar-refractivity contribution < 1.29 is 9.63 Å². The largest absolute Gasteiger partial charge is 0.390 e. The first-order valence-electron chi connectivity index (χ1n) is 7.85. The minimum Gasteiger partial charge on any atom is -0.390 e. The van der Waals surface area contributed by atoms with Crippen molar-refractivity contribution in [3.63, 3.8) is 0 Å². The smallest absolute Gasteiger partial charge is 0.281 e. The van der Waals surface area contributed by atoms with Crippen LogP contribution in [0.2, 0.25) is 0 Å². The van der Waals surface area contributed by atoms with Crippen molar-refractivity contribution in [1.82, 2.24) is 0 Å². The van der Waals surface area contributed by atoms with Gasteiger partial charge in [-0.25, -0.2) is 0 Å². The summed E-state index contributed by atoms with van der Waals surface area (Å²) in [5, 5.41) is 12.9. The van der Waals surface area contributed by atoms with Gasteiger partial charge in [0, 0.05) is 12.1 Å². The lowest BCUT2D eigenvalue weighted by atomic mass is 10.1. The van der Waals surface area contributed by atoms with E-state index in [0.29, 0.717) is 17.8 Å². The van der Waals surface area contributed by atoms with Crippen LogP contribution in [-0.2, 0) is 16.2 Å². The summed E-state index contributed by atoms with van der Waals surface area (Å²) in [6.07, 6.45) is 0.874. The molecule has 0 radical (unpaired) electrons. The van der Waals surface area contributed by atoms with Gasteiger partial charge in [-0.3, -0.25) is 4.79 Å². The molecule has 0 aliphatic carbocycles. The standard InChI is InChI=1S/C19H17N3O2/c1-2-11-22-17-6-4-3-5-16(17)18(19(22)23)21-24-13-15-9-7-14(12-20)8-10-15/h3-10H,2,11,13H2,1H3/b21-18+. The number of fused-ring (bicyclic) bond motifs is 1. The van der Waals surface area contributed by atoms with Crippen LogP contribution in [0.15, 0.2) is 53.7 Å². The first-order valence-corrected chi connectivity index (χ1v) is 7.85. The molecule has 0 saturated heterocycles. The van der Waals surface area contributed by atoms with Crippen LogP contribution < -0.4 is 4.90 Å². The number of hydrogen-bond acceptors (Lipinski definition) is 4. The second kappa shape index (κ2) is 6.97. The van der Waals surface area contributed by atoms with E-state index in [1.165, 1.54) is 0 Å². The Kier molecular flexibility index (Phi) is 4.57. The van der Waals surface area contributed by atoms with Gasteiger partial charge in [0.2, 0.25) is 0 Å². The van der Waals surface area contributed by atoms with Crippen LogP contribution in [0.3, 0.4) is 0 Å². The molecule has 0 unspecified atom stereocenters. The summed E-state index contributed by atoms with van der Waals surface area (Å²) >= 11 is 0. The summed E-state index contributed by atoms with van der Waals surface area (Å²) in [6, 6.07) is 16.8. The molecule has 1 aliphatic heterocycles. The van der Waals surface area contributed by atoms with Crippen LogP contribution in [0.4, 0.5) is 5.69 Å². The molecular formula is C19H17N3O2. The Labute approximate surface area is 140 Å². The van der Waals surface area contributed by atoms with Gasteiger partial charge in [-0.1, -0.05) is 42.4 Å². The molecule has 1 heterocycles. The minimum absolute atomic E-state index is 0.127. The highest BCUT2D eigenvalue weighted by Gasteiger charge is 2.33. The first-order chi connectivity index (χ1) is 11.7. The predicted octanol–water partition coefficient (Wildman–Crippen LogP) is 3.24. The van der Waals surface area contributed by atoms with E-state index in [9.17, 15) is 4.79 Å². The van der Waals surface area contributed by atoms with E-state index in [-0.39, 0.29) is 12.5 Å². The Morgan fingerprint density at radius 1 is 1.17 bits per heavy atom. The maximum Gasteiger partial charge on any atom is 0.281 e. The van der Waals surface area contributed by atoms with Crippen molar-refractivity contribution in [2.45, 2.75) is 20.0 Å². The van der Waals surface area contributed by atoms with Gasteiger partial charge in [-0.15, -0.1) is 0 Å². The number of benzene rings is 2. The Bertz CT molecular complexity index is 819. The summed E-state index contributed by atoms with van der Waals surface area (Å²) in [4.78, 5) is 19.7. The average Bonchev–Trinajstić information content (AvgIpc) is 2.88. The van der Waals surface area contributed by atoms with Gasteiger partial charge in [0.05, 0.1) is 17.3 Å². The summed E-state index contributed by atoms with van der Waals surface area (Å²) in [7, 11) is 0. The number of para-hydroxylation sites is 1. The Balaban J connectivity index is 1.77. The van der Waals surface area contributed by atoms with E-state index < -0.39 is 0 Å². The van der Waals surface area contributed by atoms with E-state index in [1.807, 2.05) is 43.3 Å². The number of hydrogen-bond donors (Lipinski definition) is 0. The van der Waals surface area contributed by atoms with Crippen LogP contribution in [-0.4, -0.2) is 18.2 Å². The third kappa shape index (κ3) is 2.99. The maximum absolute atomic E-state index is 12.6. The third-order valence-corrected chi connectivity index (χ3v) is 3.81. The number of carbonyl (C=O) groups is 1. The maximum atomic E-state index is 12.6. The molecule has 0 saturated carbocycles. The molecule has 2 aromatic rings. The molecule has 0 atom stereocenters. The molecule has 0 aromatic heterocycles. The zero-order valence-electron chi connectivity index (χ0n) is 13.4. The second-order valence-corrected chi connectivity index (χ2v) is 5.50. The van der Waals surface area contributed by atoms with Crippen LogP contribution in [0.25, 0.3) is 0 Å². The van der Waals surface area contributed by atoms with E-state index in [0.717, 1.165) is 23.2 Å². The number of rotatable bonds is 5. The zero-order chi connectivity index (χ0) is 16.9. The zero-order valence-corrected chi connectivity index (χ0v) is 13.4. The number of anilines is 1. The van der Waals surface area contributed by atoms with Crippen molar-refractivity contribution in [2.75, 3.05) is 11.4 Å². The number of nitrogens with zero attached hydrogens (tertiary/aromatic N) is 3. The van der Waals surface area contributed by atoms with Crippen molar-refractivity contribution in [3.8, 4) is 6.07 Å². The monoisotopic (exact) mass is 319 g/mol. The fraction of sp³-hybridized carbons (Fsp3) is 0.211. The fourth-order valence-electron chi connectivity index (χ4n) is 2.64. The van der Waals surface area contributed by atoms with E-state index >= 15 is 0 Å². The quantitative estimate of drug-likeness (QED) is 0.795. The molecule has 1 aliphatic rings. The van der Waals surface area contributed by atoms with Crippen LogP contribution in [0.5, 0.6) is 0 Å². The summed E-state index contributed by atoms with van der Waals surface area (Å²) < 4.78 is 0. The highest BCUT2D eigenvalue weighted by Crippen LogP contribution is 2.29. The van der Waals surface area contributed by atoms with E-state index in [1.54, 1.807) is 17.0 Å². The van der Waals surface area contributed by atoms with Gasteiger partial charge in [-0.05, 0) is 30.2 Å². The van der Waals surface area contributed by atoms with Crippen molar-refractivity contribution in [3.05, 3.63) is 65.2 Å². The highest BCUT2D eigenvalue weighted by atomic mass is 16.6. The molecule has 5 heteroatoms. The summed E-state index contributed by atoms with van der Waals surface area (Å²) in [6.45, 7) is 2.94. The lowest BCUT2D eigenvalue weighted by Gasteiger charge is -2.14. The summed E-state index contributed by atoms with van der Waals surface area (Å²) in [5.41, 5.74) is 3.51. The molecule has 0 N–H and O–H groups in total. The Hall–Kier alpha value is -3.13. The predicted molar refractivity (Wildman–Crippen MR) is 91.6 cm³/mol. The first kappa shape index (κ1) is 15.8. The van der Waals surface area contributed by atoms with Crippen molar-refractivity contribution >= 4 is 17.3 Å². The third-order valence-electron chi connectivity index (χ3n) is 3.81. The molecule has 1 amide bonds. The van der Waals surface area contributed by atoms with Crippen LogP contribution in [0.1, 0.15) is 30.0 Å². The Morgan fingerprint density at radius 2 is 1.92 bits per heavy atom. The van der Waals surface area contributed by atoms with Gasteiger partial charge in [-0.2, -0.15) is 5.26 Å². The molecule has 5 nitrogen and oxygen atoms in total. The van der Waals surface area contributed by atoms with Gasteiger partial charge in [0.1, 0.15) is 6.61 Å². The van der Waals surface area contributed by atoms with Gasteiger partial charge < -0.3 is 9.74 Å². The van der Waals surface area contributed by atoms with E-state index in [4.69, 9.17) is 10.1 Å². The summed E-state index contributed by atoms with van der Waals surface area (Å²) in [5.74, 6) is -0.127. The highest BCUT2D eigenvalue weighted by molar-refractivity contribution is 6.54. The van der Waals surface area contributed by atoms with Gasteiger partial charge in [0.15, 0.2) is 5.71 Å². The second-order valence-electron chi connectivity index (χ2n) is 5.50. The average molecular weight is 319 g/mol. The molecule has 2 aromatic carbocycles. The van der Waals surface area contributed by atoms with Crippen LogP contribution in [0, 0.1) is 11.3 Å². The fourth-order valence-corrected chi connectivity index (χ4v) is 2.64. The number of oxime groups is 1. The molecule has 0 spiro atoms. The molecule has 120 valence electrons. The molecule has 0 bridgehead atoms. The molecule has 0 fully saturated rings. The van der Waals surface area contributed by atoms with Crippen LogP contribution >= 0.6 is 0 Å². The van der Waals surface area contributed by atoms with E-state index in [2.05, 4.69) is 11.2 Å². The minimum atomic E-state index is -0.127. The molecule has 3 rings (SSSR count). The number of nitriles is 1. The number of carbonyl (C=O) groups excluding carboxylic acids is 1. The lowest BCUT2D eigenvalue weighted by Crippen LogP contribution is -2.30. The molecule has 24 heavy (non-hydrogen) atoms. The Morgan fingerprint density at radius 3 is 2.62 bits per heavy atom. The van der Waals surface area contributed by atoms with Gasteiger partial charge >= 0.3 is 0 Å². The lowest BCUT2D eigenvalue weighted by molar-refractivity contribution is -0.112. The molecular weight excluding hydrogens is 302 g/mol. The SMILES string of the molecule is CCCN1C(=O)/C(=N/OCc2ccc(C#N)cc2)c2ccccc21. The topological polar surface area (TPSA) is 65.7 Å². The van der Waals surface area contributed by atoms with Gasteiger partial charge in [0.25, 0.3) is 5.91 Å². The number of amides is 1. The normalized spacial score (nSPS) is 14.6.